The number of aromatic nitrogens is 2. The molecule has 1 aliphatic heterocycles. The maximum absolute atomic E-state index is 12.7. The lowest BCUT2D eigenvalue weighted by Crippen LogP contribution is -2.28. The summed E-state index contributed by atoms with van der Waals surface area (Å²) < 4.78 is 68.8. The maximum Gasteiger partial charge on any atom is 0.404 e. The Morgan fingerprint density at radius 2 is 2.06 bits per heavy atom. The maximum atomic E-state index is 12.7. The zero-order valence-electron chi connectivity index (χ0n) is 17.0. The van der Waals surface area contributed by atoms with Crippen LogP contribution < -0.4 is 9.62 Å². The molecule has 0 aliphatic carbocycles. The number of nitrogens with zero attached hydrogens (tertiary/aromatic N) is 5. The molecule has 10 nitrogen and oxygen atoms in total. The van der Waals surface area contributed by atoms with E-state index in [0.717, 1.165) is 23.3 Å². The second kappa shape index (κ2) is 9.36. The van der Waals surface area contributed by atoms with Gasteiger partial charge in [0, 0.05) is 19.3 Å². The summed E-state index contributed by atoms with van der Waals surface area (Å²) in [6, 6.07) is 2.99. The minimum atomic E-state index is -4.91. The number of nitrogens with one attached hydrogen (secondary N) is 1. The molecule has 0 atom stereocenters. The number of sulfonamides is 1. The van der Waals surface area contributed by atoms with E-state index in [9.17, 15) is 26.4 Å². The van der Waals surface area contributed by atoms with Gasteiger partial charge in [-0.1, -0.05) is 11.3 Å². The van der Waals surface area contributed by atoms with Gasteiger partial charge < -0.3 is 9.64 Å². The topological polar surface area (TPSA) is 126 Å². The van der Waals surface area contributed by atoms with Gasteiger partial charge in [-0.05, 0) is 37.5 Å². The zero-order valence-corrected chi connectivity index (χ0v) is 18.6. The molecule has 1 aromatic carbocycles. The molecule has 0 fully saturated rings. The lowest BCUT2D eigenvalue weighted by atomic mass is 10.0. The van der Waals surface area contributed by atoms with E-state index < -0.39 is 27.9 Å². The average Bonchev–Trinajstić information content (AvgIpc) is 3.14. The van der Waals surface area contributed by atoms with E-state index in [1.54, 1.807) is 20.0 Å². The summed E-state index contributed by atoms with van der Waals surface area (Å²) >= 11 is 0.803. The molecule has 0 bridgehead atoms. The number of carbonyl (C=O) groups excluding carboxylic acids is 1. The summed E-state index contributed by atoms with van der Waals surface area (Å²) in [7, 11) is -2.94. The first kappa shape index (κ1) is 23.8. The van der Waals surface area contributed by atoms with Crippen LogP contribution in [0.2, 0.25) is 0 Å². The summed E-state index contributed by atoms with van der Waals surface area (Å²) in [5.74, 6) is -2.72. The Balaban J connectivity index is 1.95. The van der Waals surface area contributed by atoms with Gasteiger partial charge in [0.25, 0.3) is 5.13 Å². The molecule has 3 rings (SSSR count). The molecule has 174 valence electrons. The number of azo groups is 1. The number of carbonyl (C=O) groups is 1. The SMILES string of the molecule is CCOC(=O)c1nnc(N=Nc2cc3c(cc2NS(=O)(=O)CC(F)(F)F)N(C)CCC3)s1. The highest BCUT2D eigenvalue weighted by Crippen LogP contribution is 2.38. The van der Waals surface area contributed by atoms with E-state index in [0.29, 0.717) is 18.7 Å². The second-order valence-electron chi connectivity index (χ2n) is 6.81. The summed E-state index contributed by atoms with van der Waals surface area (Å²) in [4.78, 5) is 13.6. The van der Waals surface area contributed by atoms with Gasteiger partial charge in [0.15, 0.2) is 5.75 Å². The smallest absolute Gasteiger partial charge is 0.404 e. The molecule has 0 radical (unpaired) electrons. The third kappa shape index (κ3) is 6.12. The van der Waals surface area contributed by atoms with Crippen molar-refractivity contribution < 1.29 is 31.1 Å². The van der Waals surface area contributed by atoms with Gasteiger partial charge in [-0.25, -0.2) is 13.2 Å². The van der Waals surface area contributed by atoms with Crippen LogP contribution in [0.1, 0.15) is 28.7 Å². The Labute approximate surface area is 185 Å². The predicted molar refractivity (Wildman–Crippen MR) is 112 cm³/mol. The highest BCUT2D eigenvalue weighted by atomic mass is 32.2. The van der Waals surface area contributed by atoms with Crippen LogP contribution in [0.3, 0.4) is 0 Å². The summed E-state index contributed by atoms with van der Waals surface area (Å²) in [6.07, 6.45) is -3.38. The fourth-order valence-electron chi connectivity index (χ4n) is 3.01. The van der Waals surface area contributed by atoms with Gasteiger partial charge in [-0.2, -0.15) is 13.2 Å². The molecule has 1 aromatic heterocycles. The number of benzene rings is 1. The molecule has 0 amide bonds. The first-order valence-corrected chi connectivity index (χ1v) is 11.8. The van der Waals surface area contributed by atoms with Gasteiger partial charge in [0.1, 0.15) is 5.69 Å². The van der Waals surface area contributed by atoms with Crippen LogP contribution in [-0.4, -0.2) is 56.7 Å². The number of fused-ring (bicyclic) bond motifs is 1. The lowest BCUT2D eigenvalue weighted by Gasteiger charge is -2.28. The van der Waals surface area contributed by atoms with Crippen LogP contribution in [0, 0.1) is 0 Å². The number of alkyl halides is 3. The largest absolute Gasteiger partial charge is 0.461 e. The highest BCUT2D eigenvalue weighted by molar-refractivity contribution is 7.92. The van der Waals surface area contributed by atoms with E-state index in [2.05, 4.69) is 20.4 Å². The van der Waals surface area contributed by atoms with Crippen LogP contribution in [0.5, 0.6) is 0 Å². The van der Waals surface area contributed by atoms with Crippen LogP contribution in [-0.2, 0) is 21.2 Å². The van der Waals surface area contributed by atoms with E-state index in [-0.39, 0.29) is 28.1 Å². The van der Waals surface area contributed by atoms with Gasteiger partial charge in [0.05, 0.1) is 12.3 Å². The van der Waals surface area contributed by atoms with Gasteiger partial charge in [-0.15, -0.1) is 20.4 Å². The van der Waals surface area contributed by atoms with Crippen molar-refractivity contribution in [1.29, 1.82) is 0 Å². The van der Waals surface area contributed by atoms with Crippen LogP contribution in [0.15, 0.2) is 22.4 Å². The normalized spacial score (nSPS) is 14.5. The summed E-state index contributed by atoms with van der Waals surface area (Å²) in [5.41, 5.74) is 1.38. The zero-order chi connectivity index (χ0) is 23.5. The Morgan fingerprint density at radius 1 is 1.31 bits per heavy atom. The van der Waals surface area contributed by atoms with Gasteiger partial charge >= 0.3 is 12.1 Å². The minimum absolute atomic E-state index is 0.00742. The van der Waals surface area contributed by atoms with E-state index in [1.165, 1.54) is 6.07 Å². The quantitative estimate of drug-likeness (QED) is 0.460. The third-order valence-electron chi connectivity index (χ3n) is 4.27. The molecule has 0 unspecified atom stereocenters. The molecule has 0 saturated carbocycles. The molecule has 1 aliphatic rings. The molecule has 15 heteroatoms. The standard InChI is InChI=1S/C17H19F3N6O4S2/c1-3-30-15(27)14-22-24-16(31-14)23-21-11-7-10-5-4-6-26(2)13(10)8-12(11)25-32(28,29)9-17(18,19)20/h7-8,25H,3-6,9H2,1-2H3. The van der Waals surface area contributed by atoms with Crippen molar-refractivity contribution in [3.63, 3.8) is 0 Å². The third-order valence-corrected chi connectivity index (χ3v) is 6.30. The summed E-state index contributed by atoms with van der Waals surface area (Å²) in [5, 5.41) is 15.1. The van der Waals surface area contributed by atoms with Crippen LogP contribution >= 0.6 is 11.3 Å². The fraction of sp³-hybridized carbons (Fsp3) is 0.471. The van der Waals surface area contributed by atoms with E-state index in [4.69, 9.17) is 4.74 Å². The Hall–Kier alpha value is -2.81. The first-order valence-electron chi connectivity index (χ1n) is 9.35. The van der Waals surface area contributed by atoms with Crippen molar-refractivity contribution in [3.8, 4) is 0 Å². The number of hydrogen-bond donors (Lipinski definition) is 1. The number of hydrogen-bond acceptors (Lipinski definition) is 10. The Morgan fingerprint density at radius 3 is 2.75 bits per heavy atom. The molecule has 2 heterocycles. The lowest BCUT2D eigenvalue weighted by molar-refractivity contribution is -0.106. The van der Waals surface area contributed by atoms with E-state index >= 15 is 0 Å². The number of anilines is 2. The monoisotopic (exact) mass is 492 g/mol. The van der Waals surface area contributed by atoms with E-state index in [1.807, 2.05) is 9.62 Å². The van der Waals surface area contributed by atoms with Crippen molar-refractivity contribution in [3.05, 3.63) is 22.7 Å². The molecular formula is C17H19F3N6O4S2. The average molecular weight is 493 g/mol. The van der Waals surface area contributed by atoms with Crippen molar-refractivity contribution in [2.24, 2.45) is 10.2 Å². The predicted octanol–water partition coefficient (Wildman–Crippen LogP) is 3.82. The Kier molecular flexibility index (Phi) is 6.97. The number of ether oxygens (including phenoxy) is 1. The van der Waals surface area contributed by atoms with Crippen molar-refractivity contribution in [1.82, 2.24) is 10.2 Å². The van der Waals surface area contributed by atoms with Gasteiger partial charge in [0.2, 0.25) is 15.0 Å². The molecule has 0 saturated heterocycles. The Bertz CT molecular complexity index is 1130. The van der Waals surface area contributed by atoms with Crippen LogP contribution in [0.25, 0.3) is 0 Å². The molecular weight excluding hydrogens is 473 g/mol. The second-order valence-corrected chi connectivity index (χ2v) is 9.49. The van der Waals surface area contributed by atoms with Crippen molar-refractivity contribution in [2.75, 3.05) is 35.6 Å². The molecule has 1 N–H and O–H groups in total. The molecule has 32 heavy (non-hydrogen) atoms. The van der Waals surface area contributed by atoms with Crippen LogP contribution in [0.4, 0.5) is 35.4 Å². The summed E-state index contributed by atoms with van der Waals surface area (Å²) in [6.45, 7) is 2.50. The number of aryl methyl sites for hydroxylation is 1. The van der Waals surface area contributed by atoms with Crippen molar-refractivity contribution in [2.45, 2.75) is 25.9 Å². The molecule has 2 aromatic rings. The minimum Gasteiger partial charge on any atom is -0.461 e. The number of esters is 1. The first-order chi connectivity index (χ1) is 15.0. The number of halogens is 3. The van der Waals surface area contributed by atoms with Gasteiger partial charge in [-0.3, -0.25) is 4.72 Å². The fourth-order valence-corrected chi connectivity index (χ4v) is 4.58. The highest BCUT2D eigenvalue weighted by Gasteiger charge is 2.35. The molecule has 0 spiro atoms. The van der Waals surface area contributed by atoms with Crippen molar-refractivity contribution >= 4 is 49.5 Å². The number of rotatable bonds is 7.